The fraction of sp³-hybridized carbons (Fsp3) is 0.600. The maximum atomic E-state index is 11.8. The van der Waals surface area contributed by atoms with E-state index in [1.54, 1.807) is 12.1 Å². The molecular weight excluding hydrogens is 258 g/mol. The van der Waals surface area contributed by atoms with Crippen LogP contribution < -0.4 is 5.32 Å². The van der Waals surface area contributed by atoms with E-state index in [4.69, 9.17) is 0 Å². The van der Waals surface area contributed by atoms with Crippen molar-refractivity contribution in [3.8, 4) is 0 Å². The Kier molecular flexibility index (Phi) is 6.52. The molecule has 0 fully saturated rings. The first-order valence-corrected chi connectivity index (χ1v) is 8.89. The largest absolute Gasteiger partial charge is 0.314 e. The Balaban J connectivity index is 2.90. The highest BCUT2D eigenvalue weighted by molar-refractivity contribution is 7.90. The molecule has 0 heterocycles. The third kappa shape index (κ3) is 5.33. The topological polar surface area (TPSA) is 46.2 Å². The van der Waals surface area contributed by atoms with Crippen LogP contribution in [0, 0.1) is 0 Å². The van der Waals surface area contributed by atoms with Gasteiger partial charge in [-0.15, -0.1) is 0 Å². The summed E-state index contributed by atoms with van der Waals surface area (Å²) < 4.78 is 23.6. The number of sulfone groups is 1. The Morgan fingerprint density at radius 2 is 1.84 bits per heavy atom. The summed E-state index contributed by atoms with van der Waals surface area (Å²) >= 11 is 0. The Hall–Kier alpha value is -0.870. The van der Waals surface area contributed by atoms with Gasteiger partial charge < -0.3 is 5.32 Å². The molecule has 0 aliphatic carbocycles. The lowest BCUT2D eigenvalue weighted by atomic mass is 10.0. The average Bonchev–Trinajstić information content (AvgIpc) is 2.35. The van der Waals surface area contributed by atoms with E-state index in [1.807, 2.05) is 12.1 Å². The number of rotatable bonds is 8. The third-order valence-electron chi connectivity index (χ3n) is 3.16. The summed E-state index contributed by atoms with van der Waals surface area (Å²) in [5.41, 5.74) is 0.923. The Bertz CT molecular complexity index is 483. The van der Waals surface area contributed by atoms with Crippen molar-refractivity contribution in [3.63, 3.8) is 0 Å². The monoisotopic (exact) mass is 283 g/mol. The molecule has 3 nitrogen and oxygen atoms in total. The standard InChI is InChI=1S/C15H25NO2S/c1-4-8-14(16-11-5-2)12-13-9-6-7-10-15(13)19(3,17)18/h6-7,9-10,14,16H,4-5,8,11-12H2,1-3H3. The molecule has 1 unspecified atom stereocenters. The Morgan fingerprint density at radius 3 is 2.42 bits per heavy atom. The van der Waals surface area contributed by atoms with Crippen LogP contribution in [0.3, 0.4) is 0 Å². The highest BCUT2D eigenvalue weighted by Gasteiger charge is 2.15. The van der Waals surface area contributed by atoms with Crippen LogP contribution in [0.5, 0.6) is 0 Å². The van der Waals surface area contributed by atoms with Gasteiger partial charge in [0, 0.05) is 12.3 Å². The molecule has 0 aliphatic heterocycles. The SMILES string of the molecule is CCCNC(CCC)Cc1ccccc1S(C)(=O)=O. The van der Waals surface area contributed by atoms with Crippen molar-refractivity contribution in [3.05, 3.63) is 29.8 Å². The molecule has 1 aromatic carbocycles. The van der Waals surface area contributed by atoms with Crippen LogP contribution in [-0.4, -0.2) is 27.3 Å². The van der Waals surface area contributed by atoms with Crippen molar-refractivity contribution in [1.29, 1.82) is 0 Å². The molecule has 0 saturated heterocycles. The zero-order valence-electron chi connectivity index (χ0n) is 12.1. The molecule has 0 saturated carbocycles. The molecule has 1 aromatic rings. The lowest BCUT2D eigenvalue weighted by Crippen LogP contribution is -2.32. The van der Waals surface area contributed by atoms with Crippen molar-refractivity contribution in [2.75, 3.05) is 12.8 Å². The quantitative estimate of drug-likeness (QED) is 0.798. The molecule has 1 N–H and O–H groups in total. The number of hydrogen-bond donors (Lipinski definition) is 1. The minimum Gasteiger partial charge on any atom is -0.314 e. The van der Waals surface area contributed by atoms with E-state index >= 15 is 0 Å². The fourth-order valence-corrected chi connectivity index (χ4v) is 3.23. The summed E-state index contributed by atoms with van der Waals surface area (Å²) in [6.07, 6.45) is 5.31. The summed E-state index contributed by atoms with van der Waals surface area (Å²) in [7, 11) is -3.14. The highest BCUT2D eigenvalue weighted by atomic mass is 32.2. The molecule has 0 amide bonds. The zero-order chi connectivity index (χ0) is 14.3. The van der Waals surface area contributed by atoms with E-state index in [0.717, 1.165) is 37.8 Å². The van der Waals surface area contributed by atoms with Gasteiger partial charge in [-0.3, -0.25) is 0 Å². The Morgan fingerprint density at radius 1 is 1.16 bits per heavy atom. The molecule has 0 spiro atoms. The maximum absolute atomic E-state index is 11.8. The van der Waals surface area contributed by atoms with Gasteiger partial charge in [0.1, 0.15) is 0 Å². The second kappa shape index (κ2) is 7.65. The van der Waals surface area contributed by atoms with Gasteiger partial charge in [0.25, 0.3) is 0 Å². The van der Waals surface area contributed by atoms with Gasteiger partial charge in [-0.25, -0.2) is 8.42 Å². The van der Waals surface area contributed by atoms with Gasteiger partial charge in [-0.05, 0) is 37.4 Å². The highest BCUT2D eigenvalue weighted by Crippen LogP contribution is 2.18. The molecule has 0 bridgehead atoms. The second-order valence-corrected chi connectivity index (χ2v) is 7.01. The second-order valence-electron chi connectivity index (χ2n) is 5.02. The van der Waals surface area contributed by atoms with Crippen LogP contribution in [0.1, 0.15) is 38.7 Å². The normalized spacial score (nSPS) is 13.4. The first-order chi connectivity index (χ1) is 8.99. The van der Waals surface area contributed by atoms with Crippen molar-refractivity contribution in [1.82, 2.24) is 5.32 Å². The lowest BCUT2D eigenvalue weighted by Gasteiger charge is -2.19. The predicted octanol–water partition coefficient (Wildman–Crippen LogP) is 2.80. The smallest absolute Gasteiger partial charge is 0.175 e. The predicted molar refractivity (Wildman–Crippen MR) is 80.2 cm³/mol. The molecular formula is C15H25NO2S. The van der Waals surface area contributed by atoms with Gasteiger partial charge >= 0.3 is 0 Å². The van der Waals surface area contributed by atoms with Gasteiger partial charge in [0.05, 0.1) is 4.90 Å². The van der Waals surface area contributed by atoms with E-state index in [-0.39, 0.29) is 0 Å². The first kappa shape index (κ1) is 16.2. The van der Waals surface area contributed by atoms with Crippen LogP contribution in [0.4, 0.5) is 0 Å². The van der Waals surface area contributed by atoms with Crippen LogP contribution in [0.25, 0.3) is 0 Å². The molecule has 1 atom stereocenters. The summed E-state index contributed by atoms with van der Waals surface area (Å²) in [5.74, 6) is 0. The zero-order valence-corrected chi connectivity index (χ0v) is 13.0. The number of nitrogens with one attached hydrogen (secondary N) is 1. The maximum Gasteiger partial charge on any atom is 0.175 e. The summed E-state index contributed by atoms with van der Waals surface area (Å²) in [6.45, 7) is 5.27. The minimum absolute atomic E-state index is 0.354. The molecule has 19 heavy (non-hydrogen) atoms. The minimum atomic E-state index is -3.14. The van der Waals surface area contributed by atoms with Gasteiger partial charge in [0.15, 0.2) is 9.84 Å². The lowest BCUT2D eigenvalue weighted by molar-refractivity contribution is 0.470. The van der Waals surface area contributed by atoms with E-state index in [9.17, 15) is 8.42 Å². The summed E-state index contributed by atoms with van der Waals surface area (Å²) in [5, 5.41) is 3.50. The molecule has 108 valence electrons. The van der Waals surface area contributed by atoms with E-state index in [1.165, 1.54) is 6.26 Å². The third-order valence-corrected chi connectivity index (χ3v) is 4.36. The molecule has 0 radical (unpaired) electrons. The van der Waals surface area contributed by atoms with E-state index < -0.39 is 9.84 Å². The van der Waals surface area contributed by atoms with E-state index in [2.05, 4.69) is 19.2 Å². The first-order valence-electron chi connectivity index (χ1n) is 7.00. The number of benzene rings is 1. The van der Waals surface area contributed by atoms with Crippen molar-refractivity contribution < 1.29 is 8.42 Å². The molecule has 0 aromatic heterocycles. The summed E-state index contributed by atoms with van der Waals surface area (Å²) in [4.78, 5) is 0.467. The van der Waals surface area contributed by atoms with E-state index in [0.29, 0.717) is 10.9 Å². The van der Waals surface area contributed by atoms with Crippen molar-refractivity contribution in [2.24, 2.45) is 0 Å². The van der Waals surface area contributed by atoms with Crippen LogP contribution in [0.15, 0.2) is 29.2 Å². The Labute approximate surface area is 117 Å². The number of hydrogen-bond acceptors (Lipinski definition) is 3. The van der Waals surface area contributed by atoms with Gasteiger partial charge in [-0.1, -0.05) is 38.5 Å². The van der Waals surface area contributed by atoms with Crippen molar-refractivity contribution in [2.45, 2.75) is 50.5 Å². The molecule has 4 heteroatoms. The van der Waals surface area contributed by atoms with Crippen LogP contribution in [0.2, 0.25) is 0 Å². The van der Waals surface area contributed by atoms with Crippen LogP contribution in [-0.2, 0) is 16.3 Å². The molecule has 0 aliphatic rings. The van der Waals surface area contributed by atoms with Crippen molar-refractivity contribution >= 4 is 9.84 Å². The average molecular weight is 283 g/mol. The van der Waals surface area contributed by atoms with Gasteiger partial charge in [0.2, 0.25) is 0 Å². The molecule has 1 rings (SSSR count). The van der Waals surface area contributed by atoms with Crippen LogP contribution >= 0.6 is 0 Å². The fourth-order valence-electron chi connectivity index (χ4n) is 2.27. The van der Waals surface area contributed by atoms with Gasteiger partial charge in [-0.2, -0.15) is 0 Å². The summed E-state index contributed by atoms with van der Waals surface area (Å²) in [6, 6.07) is 7.68.